The molecule has 190 valence electrons. The molecule has 3 amide bonds. The van der Waals surface area contributed by atoms with Crippen LogP contribution in [-0.2, 0) is 20.8 Å². The number of nitrogens with zero attached hydrogens (tertiary/aromatic N) is 1. The number of rotatable bonds is 13. The summed E-state index contributed by atoms with van der Waals surface area (Å²) < 4.78 is 0. The fraction of sp³-hybridized carbons (Fsp3) is 0.308. The fourth-order valence-electron chi connectivity index (χ4n) is 3.58. The molecule has 0 unspecified atom stereocenters. The van der Waals surface area contributed by atoms with Gasteiger partial charge < -0.3 is 16.4 Å². The predicted molar refractivity (Wildman–Crippen MR) is 141 cm³/mol. The predicted octanol–water partition coefficient (Wildman–Crippen LogP) is 4.10. The fourth-order valence-corrected chi connectivity index (χ4v) is 4.31. The molecule has 1 atom stereocenters. The third-order valence-corrected chi connectivity index (χ3v) is 6.25. The number of unbranched alkanes of at least 4 members (excludes halogenated alkanes) is 3. The molecule has 0 saturated heterocycles. The third-order valence-electron chi connectivity index (χ3n) is 5.49. The summed E-state index contributed by atoms with van der Waals surface area (Å²) in [4.78, 5) is 40.2. The van der Waals surface area contributed by atoms with Crippen LogP contribution in [0.1, 0.15) is 44.1 Å². The molecule has 0 bridgehead atoms. The molecular weight excluding hydrogens is 478 g/mol. The zero-order valence-corrected chi connectivity index (χ0v) is 20.7. The largest absolute Gasteiger partial charge is 0.325 e. The highest BCUT2D eigenvalue weighted by Gasteiger charge is 2.15. The van der Waals surface area contributed by atoms with E-state index in [0.717, 1.165) is 24.0 Å². The molecule has 0 aliphatic rings. The van der Waals surface area contributed by atoms with Crippen LogP contribution in [0.25, 0.3) is 11.3 Å². The van der Waals surface area contributed by atoms with E-state index < -0.39 is 11.9 Å². The number of carbonyl (C=O) groups excluding carboxylic acids is 3. The molecule has 3 aromatic rings. The van der Waals surface area contributed by atoms with Gasteiger partial charge in [0.15, 0.2) is 5.13 Å². The SMILES string of the molecule is N[C@H](Cc1ccccc1)C(=O)Nc1cccc(-c2csc(NC(=O)CCCCCCC(=O)NO)n2)c1. The van der Waals surface area contributed by atoms with Gasteiger partial charge in [0.1, 0.15) is 0 Å². The summed E-state index contributed by atoms with van der Waals surface area (Å²) in [6.07, 6.45) is 4.10. The zero-order chi connectivity index (χ0) is 25.8. The number of nitrogens with one attached hydrogen (secondary N) is 3. The summed E-state index contributed by atoms with van der Waals surface area (Å²) in [6, 6.07) is 16.3. The van der Waals surface area contributed by atoms with Gasteiger partial charge in [0.2, 0.25) is 17.7 Å². The lowest BCUT2D eigenvalue weighted by molar-refractivity contribution is -0.129. The molecule has 0 radical (unpaired) electrons. The number of hydrogen-bond donors (Lipinski definition) is 5. The van der Waals surface area contributed by atoms with Gasteiger partial charge in [-0.2, -0.15) is 0 Å². The number of benzene rings is 2. The van der Waals surface area contributed by atoms with Gasteiger partial charge in [-0.15, -0.1) is 11.3 Å². The maximum absolute atomic E-state index is 12.6. The van der Waals surface area contributed by atoms with Crippen LogP contribution in [0.3, 0.4) is 0 Å². The van der Waals surface area contributed by atoms with Crippen LogP contribution in [0.5, 0.6) is 0 Å². The van der Waals surface area contributed by atoms with Crippen molar-refractivity contribution in [3.63, 3.8) is 0 Å². The van der Waals surface area contributed by atoms with E-state index in [9.17, 15) is 14.4 Å². The number of hydrogen-bond acceptors (Lipinski definition) is 7. The molecule has 36 heavy (non-hydrogen) atoms. The van der Waals surface area contributed by atoms with Crippen molar-refractivity contribution in [1.29, 1.82) is 0 Å². The van der Waals surface area contributed by atoms with Gasteiger partial charge in [-0.05, 0) is 37.0 Å². The quantitative estimate of drug-likeness (QED) is 0.133. The van der Waals surface area contributed by atoms with Crippen LogP contribution >= 0.6 is 11.3 Å². The molecule has 0 saturated carbocycles. The second-order valence-electron chi connectivity index (χ2n) is 8.40. The van der Waals surface area contributed by atoms with Crippen molar-refractivity contribution in [2.75, 3.05) is 10.6 Å². The van der Waals surface area contributed by atoms with Gasteiger partial charge in [0, 0.05) is 29.5 Å². The lowest BCUT2D eigenvalue weighted by atomic mass is 10.1. The first-order chi connectivity index (χ1) is 17.4. The van der Waals surface area contributed by atoms with Gasteiger partial charge >= 0.3 is 0 Å². The second-order valence-corrected chi connectivity index (χ2v) is 9.26. The van der Waals surface area contributed by atoms with Crippen molar-refractivity contribution in [1.82, 2.24) is 10.5 Å². The lowest BCUT2D eigenvalue weighted by Crippen LogP contribution is -2.37. The number of amides is 3. The first kappa shape index (κ1) is 27.0. The van der Waals surface area contributed by atoms with Crippen molar-refractivity contribution >= 4 is 39.9 Å². The normalized spacial score (nSPS) is 11.5. The van der Waals surface area contributed by atoms with Gasteiger partial charge in [0.25, 0.3) is 0 Å². The van der Waals surface area contributed by atoms with E-state index in [1.807, 2.05) is 53.9 Å². The second kappa shape index (κ2) is 14.1. The number of hydroxylamine groups is 1. The summed E-state index contributed by atoms with van der Waals surface area (Å²) >= 11 is 1.33. The van der Waals surface area contributed by atoms with Crippen LogP contribution in [-0.4, -0.2) is 34.0 Å². The van der Waals surface area contributed by atoms with E-state index in [1.165, 1.54) is 11.3 Å². The Morgan fingerprint density at radius 3 is 2.36 bits per heavy atom. The standard InChI is InChI=1S/C26H31N5O4S/c27-21(15-18-9-4-3-5-10-18)25(34)28-20-12-8-11-19(16-20)22-17-36-26(29-22)30-23(32)13-6-1-2-7-14-24(33)31-35/h3-5,8-12,16-17,21,35H,1-2,6-7,13-15,27H2,(H,28,34)(H,31,33)(H,29,30,32)/t21-/m1/s1. The highest BCUT2D eigenvalue weighted by molar-refractivity contribution is 7.14. The highest BCUT2D eigenvalue weighted by Crippen LogP contribution is 2.27. The molecule has 2 aromatic carbocycles. The van der Waals surface area contributed by atoms with Gasteiger partial charge in [-0.25, -0.2) is 10.5 Å². The first-order valence-electron chi connectivity index (χ1n) is 11.8. The molecule has 10 heteroatoms. The van der Waals surface area contributed by atoms with Gasteiger partial charge in [0.05, 0.1) is 11.7 Å². The molecule has 3 rings (SSSR count). The van der Waals surface area contributed by atoms with Gasteiger partial charge in [-0.1, -0.05) is 55.3 Å². The van der Waals surface area contributed by atoms with Gasteiger partial charge in [-0.3, -0.25) is 19.6 Å². The molecule has 0 aliphatic heterocycles. The third kappa shape index (κ3) is 8.88. The van der Waals surface area contributed by atoms with Crippen molar-refractivity contribution in [3.05, 3.63) is 65.5 Å². The van der Waals surface area contributed by atoms with E-state index in [1.54, 1.807) is 11.5 Å². The molecule has 0 fully saturated rings. The zero-order valence-electron chi connectivity index (χ0n) is 19.9. The van der Waals surface area contributed by atoms with Crippen LogP contribution in [0, 0.1) is 0 Å². The Kier molecular flexibility index (Phi) is 10.6. The Labute approximate surface area is 214 Å². The van der Waals surface area contributed by atoms with E-state index in [-0.39, 0.29) is 18.2 Å². The minimum atomic E-state index is -0.669. The number of carbonyl (C=O) groups is 3. The maximum atomic E-state index is 12.6. The van der Waals surface area contributed by atoms with Crippen molar-refractivity contribution in [2.24, 2.45) is 5.73 Å². The van der Waals surface area contributed by atoms with Crippen molar-refractivity contribution < 1.29 is 19.6 Å². The average molecular weight is 510 g/mol. The monoisotopic (exact) mass is 509 g/mol. The Morgan fingerprint density at radius 1 is 0.917 bits per heavy atom. The Balaban J connectivity index is 1.46. The minimum absolute atomic E-state index is 0.114. The van der Waals surface area contributed by atoms with Crippen LogP contribution < -0.4 is 21.8 Å². The van der Waals surface area contributed by atoms with Crippen molar-refractivity contribution in [3.8, 4) is 11.3 Å². The number of nitrogens with two attached hydrogens (primary N) is 1. The number of aromatic nitrogens is 1. The summed E-state index contributed by atoms with van der Waals surface area (Å²) in [5.74, 6) is -0.775. The summed E-state index contributed by atoms with van der Waals surface area (Å²) in [5.41, 5.74) is 10.8. The molecule has 1 heterocycles. The Bertz CT molecular complexity index is 1150. The maximum Gasteiger partial charge on any atom is 0.243 e. The van der Waals surface area contributed by atoms with Crippen molar-refractivity contribution in [2.45, 2.75) is 51.0 Å². The molecule has 0 spiro atoms. The molecule has 9 nitrogen and oxygen atoms in total. The average Bonchev–Trinajstić information content (AvgIpc) is 3.35. The molecular formula is C26H31N5O4S. The number of thiazole rings is 1. The van der Waals surface area contributed by atoms with Crippen LogP contribution in [0.4, 0.5) is 10.8 Å². The lowest BCUT2D eigenvalue weighted by Gasteiger charge is -2.13. The molecule has 1 aromatic heterocycles. The Morgan fingerprint density at radius 2 is 1.64 bits per heavy atom. The minimum Gasteiger partial charge on any atom is -0.325 e. The van der Waals surface area contributed by atoms with E-state index in [2.05, 4.69) is 15.6 Å². The topological polar surface area (TPSA) is 146 Å². The molecule has 6 N–H and O–H groups in total. The first-order valence-corrected chi connectivity index (χ1v) is 12.7. The number of anilines is 2. The summed E-state index contributed by atoms with van der Waals surface area (Å²) in [7, 11) is 0. The van der Waals surface area contributed by atoms with E-state index >= 15 is 0 Å². The summed E-state index contributed by atoms with van der Waals surface area (Å²) in [5, 5.41) is 16.5. The van der Waals surface area contributed by atoms with Crippen LogP contribution in [0.15, 0.2) is 60.0 Å². The summed E-state index contributed by atoms with van der Waals surface area (Å²) in [6.45, 7) is 0. The van der Waals surface area contributed by atoms with E-state index in [0.29, 0.717) is 42.2 Å². The smallest absolute Gasteiger partial charge is 0.243 e. The Hall–Kier alpha value is -3.60. The van der Waals surface area contributed by atoms with E-state index in [4.69, 9.17) is 10.9 Å². The highest BCUT2D eigenvalue weighted by atomic mass is 32.1. The van der Waals surface area contributed by atoms with Crippen LogP contribution in [0.2, 0.25) is 0 Å². The molecule has 0 aliphatic carbocycles.